The molecule has 0 aromatic carbocycles. The van der Waals surface area contributed by atoms with Gasteiger partial charge in [-0.25, -0.2) is 13.1 Å². The number of nitrogens with zero attached hydrogens (tertiary/aromatic N) is 1. The van der Waals surface area contributed by atoms with Gasteiger partial charge in [-0.05, 0) is 24.8 Å². The molecule has 17 heavy (non-hydrogen) atoms. The Kier molecular flexibility index (Phi) is 4.67. The van der Waals surface area contributed by atoms with E-state index < -0.39 is 10.0 Å². The van der Waals surface area contributed by atoms with Crippen LogP contribution in [0.4, 0.5) is 0 Å². The Labute approximate surface area is 102 Å². The van der Waals surface area contributed by atoms with Crippen molar-refractivity contribution in [3.05, 3.63) is 12.4 Å². The number of H-pyrrole nitrogens is 1. The van der Waals surface area contributed by atoms with Crippen molar-refractivity contribution < 1.29 is 8.42 Å². The number of hydrogen-bond donors (Lipinski definition) is 3. The molecule has 0 aliphatic heterocycles. The summed E-state index contributed by atoms with van der Waals surface area (Å²) in [5.41, 5.74) is 5.55. The molecule has 0 bridgehead atoms. The van der Waals surface area contributed by atoms with Crippen molar-refractivity contribution in [1.29, 1.82) is 0 Å². The lowest BCUT2D eigenvalue weighted by molar-refractivity contribution is 0.275. The predicted molar refractivity (Wildman–Crippen MR) is 65.8 cm³/mol. The molecule has 98 valence electrons. The third-order valence-electron chi connectivity index (χ3n) is 3.35. The zero-order chi connectivity index (χ0) is 12.9. The van der Waals surface area contributed by atoms with Gasteiger partial charge in [0.1, 0.15) is 4.90 Å². The quantitative estimate of drug-likeness (QED) is 0.662. The molecule has 0 spiro atoms. The average Bonchev–Trinajstić information content (AvgIpc) is 2.86. The van der Waals surface area contributed by atoms with Crippen molar-refractivity contribution in [2.24, 2.45) is 11.1 Å². The van der Waals surface area contributed by atoms with Gasteiger partial charge in [0, 0.05) is 12.7 Å². The molecule has 0 aliphatic carbocycles. The maximum absolute atomic E-state index is 11.9. The maximum atomic E-state index is 11.9. The molecule has 7 heteroatoms. The Morgan fingerprint density at radius 1 is 1.47 bits per heavy atom. The molecule has 1 aromatic heterocycles. The van der Waals surface area contributed by atoms with E-state index in [1.165, 1.54) is 12.4 Å². The second kappa shape index (κ2) is 5.61. The van der Waals surface area contributed by atoms with Gasteiger partial charge in [0.05, 0.1) is 6.20 Å². The van der Waals surface area contributed by atoms with Crippen molar-refractivity contribution in [2.75, 3.05) is 13.1 Å². The van der Waals surface area contributed by atoms with E-state index in [0.29, 0.717) is 13.1 Å². The lowest BCUT2D eigenvalue weighted by Gasteiger charge is -2.30. The average molecular weight is 260 g/mol. The molecule has 0 fully saturated rings. The molecule has 4 N–H and O–H groups in total. The van der Waals surface area contributed by atoms with Gasteiger partial charge in [-0.3, -0.25) is 5.10 Å². The van der Waals surface area contributed by atoms with Crippen molar-refractivity contribution in [3.63, 3.8) is 0 Å². The highest BCUT2D eigenvalue weighted by atomic mass is 32.2. The molecule has 0 amide bonds. The lowest BCUT2D eigenvalue weighted by Crippen LogP contribution is -2.41. The summed E-state index contributed by atoms with van der Waals surface area (Å²) in [6, 6.07) is 0. The standard InChI is InChI=1S/C10H20N4O2S/c1-3-10(4-2,7-11)8-14-17(15,16)9-5-12-13-6-9/h5-6,14H,3-4,7-8,11H2,1-2H3,(H,12,13). The van der Waals surface area contributed by atoms with Gasteiger partial charge in [-0.1, -0.05) is 13.8 Å². The van der Waals surface area contributed by atoms with E-state index in [0.717, 1.165) is 12.8 Å². The molecule has 0 saturated carbocycles. The van der Waals surface area contributed by atoms with Gasteiger partial charge in [0.25, 0.3) is 0 Å². The van der Waals surface area contributed by atoms with Crippen molar-refractivity contribution in [1.82, 2.24) is 14.9 Å². The number of nitrogens with one attached hydrogen (secondary N) is 2. The van der Waals surface area contributed by atoms with E-state index in [4.69, 9.17) is 5.73 Å². The van der Waals surface area contributed by atoms with Crippen LogP contribution in [0.15, 0.2) is 17.3 Å². The number of aromatic amines is 1. The Bertz CT molecular complexity index is 415. The Balaban J connectivity index is 2.73. The first-order valence-corrected chi connectivity index (χ1v) is 7.16. The smallest absolute Gasteiger partial charge is 0.243 e. The van der Waals surface area contributed by atoms with Gasteiger partial charge in [-0.2, -0.15) is 5.10 Å². The molecule has 0 unspecified atom stereocenters. The second-order valence-electron chi connectivity index (χ2n) is 4.17. The first-order valence-electron chi connectivity index (χ1n) is 5.68. The van der Waals surface area contributed by atoms with Crippen molar-refractivity contribution in [3.8, 4) is 0 Å². The van der Waals surface area contributed by atoms with E-state index in [1.807, 2.05) is 13.8 Å². The summed E-state index contributed by atoms with van der Waals surface area (Å²) in [5, 5.41) is 6.11. The number of nitrogens with two attached hydrogens (primary N) is 1. The van der Waals surface area contributed by atoms with Crippen LogP contribution >= 0.6 is 0 Å². The lowest BCUT2D eigenvalue weighted by atomic mass is 9.83. The van der Waals surface area contributed by atoms with Crippen LogP contribution < -0.4 is 10.5 Å². The number of hydrogen-bond acceptors (Lipinski definition) is 4. The molecule has 6 nitrogen and oxygen atoms in total. The zero-order valence-corrected chi connectivity index (χ0v) is 11.0. The zero-order valence-electron chi connectivity index (χ0n) is 10.2. The molecule has 1 rings (SSSR count). The molecule has 1 aromatic rings. The minimum absolute atomic E-state index is 0.149. The van der Waals surface area contributed by atoms with E-state index in [-0.39, 0.29) is 10.3 Å². The molecule has 0 radical (unpaired) electrons. The van der Waals surface area contributed by atoms with Crippen LogP contribution in [-0.4, -0.2) is 31.7 Å². The summed E-state index contributed by atoms with van der Waals surface area (Å²) in [4.78, 5) is 0.149. The molecule has 0 atom stereocenters. The largest absolute Gasteiger partial charge is 0.330 e. The maximum Gasteiger partial charge on any atom is 0.243 e. The van der Waals surface area contributed by atoms with Crippen LogP contribution in [0, 0.1) is 5.41 Å². The van der Waals surface area contributed by atoms with Crippen LogP contribution in [0.3, 0.4) is 0 Å². The van der Waals surface area contributed by atoms with Crippen LogP contribution in [0.2, 0.25) is 0 Å². The number of sulfonamides is 1. The molecule has 0 saturated heterocycles. The highest BCUT2D eigenvalue weighted by Gasteiger charge is 2.27. The first-order chi connectivity index (χ1) is 7.99. The fraction of sp³-hybridized carbons (Fsp3) is 0.700. The van der Waals surface area contributed by atoms with Crippen LogP contribution in [0.1, 0.15) is 26.7 Å². The van der Waals surface area contributed by atoms with E-state index in [2.05, 4.69) is 14.9 Å². The highest BCUT2D eigenvalue weighted by molar-refractivity contribution is 7.89. The minimum Gasteiger partial charge on any atom is -0.330 e. The fourth-order valence-electron chi connectivity index (χ4n) is 1.58. The topological polar surface area (TPSA) is 101 Å². The normalized spacial score (nSPS) is 12.9. The van der Waals surface area contributed by atoms with E-state index >= 15 is 0 Å². The highest BCUT2D eigenvalue weighted by Crippen LogP contribution is 2.24. The number of aromatic nitrogens is 2. The predicted octanol–water partition coefficient (Wildman–Crippen LogP) is 0.453. The minimum atomic E-state index is -3.48. The van der Waals surface area contributed by atoms with Crippen LogP contribution in [0.25, 0.3) is 0 Å². The van der Waals surface area contributed by atoms with Gasteiger partial charge in [0.2, 0.25) is 10.0 Å². The molecule has 1 heterocycles. The van der Waals surface area contributed by atoms with Gasteiger partial charge in [-0.15, -0.1) is 0 Å². The third-order valence-corrected chi connectivity index (χ3v) is 4.72. The monoisotopic (exact) mass is 260 g/mol. The van der Waals surface area contributed by atoms with E-state index in [9.17, 15) is 8.42 Å². The molecular formula is C10H20N4O2S. The summed E-state index contributed by atoms with van der Waals surface area (Å²) in [5.74, 6) is 0. The summed E-state index contributed by atoms with van der Waals surface area (Å²) >= 11 is 0. The second-order valence-corrected chi connectivity index (χ2v) is 5.94. The van der Waals surface area contributed by atoms with Crippen LogP contribution in [0.5, 0.6) is 0 Å². The molecule has 0 aliphatic rings. The van der Waals surface area contributed by atoms with Crippen LogP contribution in [-0.2, 0) is 10.0 Å². The summed E-state index contributed by atoms with van der Waals surface area (Å²) < 4.78 is 26.3. The van der Waals surface area contributed by atoms with Gasteiger partial charge < -0.3 is 5.73 Å². The molecular weight excluding hydrogens is 240 g/mol. The fourth-order valence-corrected chi connectivity index (χ4v) is 2.64. The third kappa shape index (κ3) is 3.27. The SMILES string of the molecule is CCC(CC)(CN)CNS(=O)(=O)c1cn[nH]c1. The summed E-state index contributed by atoms with van der Waals surface area (Å²) in [7, 11) is -3.48. The van der Waals surface area contributed by atoms with Crippen molar-refractivity contribution in [2.45, 2.75) is 31.6 Å². The Hall–Kier alpha value is -0.920. The summed E-state index contributed by atoms with van der Waals surface area (Å²) in [6.07, 6.45) is 4.32. The Morgan fingerprint density at radius 3 is 2.53 bits per heavy atom. The van der Waals surface area contributed by atoms with Gasteiger partial charge in [0.15, 0.2) is 0 Å². The van der Waals surface area contributed by atoms with E-state index in [1.54, 1.807) is 0 Å². The first kappa shape index (κ1) is 14.1. The van der Waals surface area contributed by atoms with Crippen molar-refractivity contribution >= 4 is 10.0 Å². The summed E-state index contributed by atoms with van der Waals surface area (Å²) in [6.45, 7) is 4.85. The van der Waals surface area contributed by atoms with Gasteiger partial charge >= 0.3 is 0 Å². The number of rotatable bonds is 7. The Morgan fingerprint density at radius 2 is 2.12 bits per heavy atom.